The van der Waals surface area contributed by atoms with Crippen molar-refractivity contribution in [2.24, 2.45) is 0 Å². The average molecular weight is 292 g/mol. The second kappa shape index (κ2) is 4.40. The van der Waals surface area contributed by atoms with E-state index in [2.05, 4.69) is 4.98 Å². The second-order valence-corrected chi connectivity index (χ2v) is 6.42. The Kier molecular flexibility index (Phi) is 2.84. The highest BCUT2D eigenvalue weighted by Crippen LogP contribution is 2.31. The maximum Gasteiger partial charge on any atom is 0.208 e. The molecule has 0 bridgehead atoms. The summed E-state index contributed by atoms with van der Waals surface area (Å²) in [7, 11) is -3.62. The van der Waals surface area contributed by atoms with Crippen LogP contribution in [0.3, 0.4) is 0 Å². The molecule has 0 radical (unpaired) electrons. The Morgan fingerprint density at radius 2 is 1.63 bits per heavy atom. The number of benzene rings is 2. The Balaban J connectivity index is 2.32. The third-order valence-corrected chi connectivity index (χ3v) is 5.28. The maximum absolute atomic E-state index is 12.7. The minimum absolute atomic E-state index is 0.130. The summed E-state index contributed by atoms with van der Waals surface area (Å²) in [5.41, 5.74) is 0.785. The van der Waals surface area contributed by atoms with Crippen LogP contribution in [0.15, 0.2) is 64.5 Å². The zero-order valence-electron chi connectivity index (χ0n) is 9.80. The molecule has 3 rings (SSSR count). The molecule has 1 aromatic heterocycles. The molecule has 3 nitrogen and oxygen atoms in total. The number of hydrogen-bond acceptors (Lipinski definition) is 2. The predicted octanol–water partition coefficient (Wildman–Crippen LogP) is 3.65. The van der Waals surface area contributed by atoms with Gasteiger partial charge in [0.15, 0.2) is 0 Å². The highest BCUT2D eigenvalue weighted by molar-refractivity contribution is 7.91. The predicted molar refractivity (Wildman–Crippen MR) is 75.2 cm³/mol. The average Bonchev–Trinajstić information content (AvgIpc) is 2.86. The first kappa shape index (κ1) is 12.3. The van der Waals surface area contributed by atoms with Crippen LogP contribution in [-0.2, 0) is 9.84 Å². The fourth-order valence-corrected chi connectivity index (χ4v) is 4.06. The highest BCUT2D eigenvalue weighted by Gasteiger charge is 2.22. The van der Waals surface area contributed by atoms with Gasteiger partial charge in [-0.1, -0.05) is 29.8 Å². The van der Waals surface area contributed by atoms with Crippen molar-refractivity contribution in [2.45, 2.75) is 9.79 Å². The van der Waals surface area contributed by atoms with E-state index in [0.29, 0.717) is 5.39 Å². The molecular formula is C14H10ClNO2S. The molecule has 0 aliphatic rings. The molecule has 5 heteroatoms. The smallest absolute Gasteiger partial charge is 0.208 e. The molecule has 2 aromatic carbocycles. The van der Waals surface area contributed by atoms with Crippen LogP contribution >= 0.6 is 11.6 Å². The zero-order chi connectivity index (χ0) is 13.5. The van der Waals surface area contributed by atoms with Gasteiger partial charge in [0.25, 0.3) is 0 Å². The van der Waals surface area contributed by atoms with E-state index < -0.39 is 9.84 Å². The maximum atomic E-state index is 12.7. The SMILES string of the molecule is O=S(=O)(c1ccccc1Cl)c1cccc2[nH]ccc12. The summed E-state index contributed by atoms with van der Waals surface area (Å²) in [4.78, 5) is 3.39. The molecule has 19 heavy (non-hydrogen) atoms. The lowest BCUT2D eigenvalue weighted by molar-refractivity contribution is 0.597. The molecule has 0 aliphatic heterocycles. The lowest BCUT2D eigenvalue weighted by Gasteiger charge is -2.07. The number of rotatable bonds is 2. The Morgan fingerprint density at radius 3 is 2.42 bits per heavy atom. The van der Waals surface area contributed by atoms with Gasteiger partial charge < -0.3 is 4.98 Å². The van der Waals surface area contributed by atoms with Gasteiger partial charge in [0.05, 0.1) is 14.8 Å². The Bertz CT molecular complexity index is 853. The summed E-state index contributed by atoms with van der Waals surface area (Å²) < 4.78 is 25.3. The first-order valence-electron chi connectivity index (χ1n) is 5.66. The van der Waals surface area contributed by atoms with Crippen molar-refractivity contribution in [3.05, 3.63) is 59.8 Å². The first-order valence-corrected chi connectivity index (χ1v) is 7.52. The monoisotopic (exact) mass is 291 g/mol. The van der Waals surface area contributed by atoms with Gasteiger partial charge in [0, 0.05) is 17.1 Å². The molecule has 0 spiro atoms. The minimum atomic E-state index is -3.62. The quantitative estimate of drug-likeness (QED) is 0.783. The van der Waals surface area contributed by atoms with Gasteiger partial charge in [-0.05, 0) is 30.3 Å². The lowest BCUT2D eigenvalue weighted by atomic mass is 10.2. The molecule has 3 aromatic rings. The Morgan fingerprint density at radius 1 is 0.895 bits per heavy atom. The van der Waals surface area contributed by atoms with E-state index in [4.69, 9.17) is 11.6 Å². The van der Waals surface area contributed by atoms with Gasteiger partial charge in [0.2, 0.25) is 9.84 Å². The van der Waals surface area contributed by atoms with Crippen molar-refractivity contribution in [1.82, 2.24) is 4.98 Å². The Labute approximate surface area is 115 Å². The standard InChI is InChI=1S/C14H10ClNO2S/c15-11-4-1-2-6-14(11)19(17,18)13-7-3-5-12-10(13)8-9-16-12/h1-9,16H. The number of halogens is 1. The van der Waals surface area contributed by atoms with Crippen molar-refractivity contribution in [2.75, 3.05) is 0 Å². The van der Waals surface area contributed by atoms with Crippen LogP contribution < -0.4 is 0 Å². The molecule has 0 saturated heterocycles. The molecule has 0 saturated carbocycles. The normalized spacial score (nSPS) is 11.8. The highest BCUT2D eigenvalue weighted by atomic mass is 35.5. The van der Waals surface area contributed by atoms with Crippen molar-refractivity contribution < 1.29 is 8.42 Å². The van der Waals surface area contributed by atoms with E-state index in [1.807, 2.05) is 6.07 Å². The number of fused-ring (bicyclic) bond motifs is 1. The number of aromatic amines is 1. The van der Waals surface area contributed by atoms with Crippen molar-refractivity contribution in [3.63, 3.8) is 0 Å². The fraction of sp³-hybridized carbons (Fsp3) is 0. The van der Waals surface area contributed by atoms with Gasteiger partial charge in [-0.3, -0.25) is 0 Å². The van der Waals surface area contributed by atoms with Crippen LogP contribution in [0.1, 0.15) is 0 Å². The number of hydrogen-bond donors (Lipinski definition) is 1. The number of aromatic nitrogens is 1. The van der Waals surface area contributed by atoms with Crippen LogP contribution in [0.25, 0.3) is 10.9 Å². The molecule has 96 valence electrons. The lowest BCUT2D eigenvalue weighted by Crippen LogP contribution is -2.03. The van der Waals surface area contributed by atoms with Crippen LogP contribution in [0.4, 0.5) is 0 Å². The van der Waals surface area contributed by atoms with Crippen LogP contribution in [0.5, 0.6) is 0 Å². The molecule has 1 N–H and O–H groups in total. The van der Waals surface area contributed by atoms with Gasteiger partial charge in [-0.25, -0.2) is 8.42 Å². The molecule has 0 fully saturated rings. The van der Waals surface area contributed by atoms with E-state index >= 15 is 0 Å². The first-order chi connectivity index (χ1) is 9.10. The molecule has 1 heterocycles. The van der Waals surface area contributed by atoms with Crippen molar-refractivity contribution >= 4 is 32.3 Å². The van der Waals surface area contributed by atoms with Crippen LogP contribution in [0.2, 0.25) is 5.02 Å². The van der Waals surface area contributed by atoms with E-state index in [-0.39, 0.29) is 14.8 Å². The summed E-state index contributed by atoms with van der Waals surface area (Å²) in [6, 6.07) is 13.3. The molecule has 0 aliphatic carbocycles. The second-order valence-electron chi connectivity index (χ2n) is 4.13. The number of sulfone groups is 1. The molecular weight excluding hydrogens is 282 g/mol. The van der Waals surface area contributed by atoms with Gasteiger partial charge in [-0.15, -0.1) is 0 Å². The summed E-state index contributed by atoms with van der Waals surface area (Å²) in [5, 5.41) is 0.900. The summed E-state index contributed by atoms with van der Waals surface area (Å²) in [6.45, 7) is 0. The van der Waals surface area contributed by atoms with E-state index in [9.17, 15) is 8.42 Å². The topological polar surface area (TPSA) is 49.9 Å². The van der Waals surface area contributed by atoms with E-state index in [0.717, 1.165) is 5.52 Å². The molecule has 0 amide bonds. The number of nitrogens with one attached hydrogen (secondary N) is 1. The summed E-state index contributed by atoms with van der Waals surface area (Å²) in [6.07, 6.45) is 1.72. The Hall–Kier alpha value is -1.78. The van der Waals surface area contributed by atoms with Crippen molar-refractivity contribution in [1.29, 1.82) is 0 Å². The summed E-state index contributed by atoms with van der Waals surface area (Å²) in [5.74, 6) is 0. The summed E-state index contributed by atoms with van der Waals surface area (Å²) >= 11 is 6.00. The van der Waals surface area contributed by atoms with Crippen LogP contribution in [0, 0.1) is 0 Å². The van der Waals surface area contributed by atoms with E-state index in [1.165, 1.54) is 6.07 Å². The third-order valence-electron chi connectivity index (χ3n) is 2.97. The van der Waals surface area contributed by atoms with E-state index in [1.54, 1.807) is 42.6 Å². The van der Waals surface area contributed by atoms with Gasteiger partial charge >= 0.3 is 0 Å². The zero-order valence-corrected chi connectivity index (χ0v) is 11.4. The van der Waals surface area contributed by atoms with Crippen molar-refractivity contribution in [3.8, 4) is 0 Å². The molecule has 0 atom stereocenters. The minimum Gasteiger partial charge on any atom is -0.361 e. The fourth-order valence-electron chi connectivity index (χ4n) is 2.07. The van der Waals surface area contributed by atoms with Crippen LogP contribution in [-0.4, -0.2) is 13.4 Å². The van der Waals surface area contributed by atoms with Gasteiger partial charge in [0.1, 0.15) is 0 Å². The number of H-pyrrole nitrogens is 1. The molecule has 0 unspecified atom stereocenters. The third kappa shape index (κ3) is 1.93. The largest absolute Gasteiger partial charge is 0.361 e. The van der Waals surface area contributed by atoms with Gasteiger partial charge in [-0.2, -0.15) is 0 Å².